The third-order valence-corrected chi connectivity index (χ3v) is 4.79. The Kier molecular flexibility index (Phi) is 5.30. The van der Waals surface area contributed by atoms with Gasteiger partial charge in [-0.1, -0.05) is 12.1 Å². The number of nitrogens with one attached hydrogen (secondary N) is 2. The predicted molar refractivity (Wildman–Crippen MR) is 73.9 cm³/mol. The Bertz CT molecular complexity index is 599. The van der Waals surface area contributed by atoms with Crippen LogP contribution in [-0.4, -0.2) is 34.4 Å². The molecule has 1 fully saturated rings. The van der Waals surface area contributed by atoms with Gasteiger partial charge in [0.25, 0.3) is 0 Å². The second-order valence-corrected chi connectivity index (χ2v) is 6.79. The summed E-state index contributed by atoms with van der Waals surface area (Å²) in [6, 6.07) is 4.69. The van der Waals surface area contributed by atoms with Crippen LogP contribution in [0.25, 0.3) is 0 Å². The van der Waals surface area contributed by atoms with Crippen LogP contribution in [0.4, 0.5) is 13.2 Å². The minimum atomic E-state index is -4.95. The molecule has 0 aliphatic carbocycles. The minimum Gasteiger partial charge on any atom is -0.404 e. The van der Waals surface area contributed by atoms with Gasteiger partial charge in [-0.05, 0) is 44.0 Å². The van der Waals surface area contributed by atoms with E-state index in [2.05, 4.69) is 14.8 Å². The summed E-state index contributed by atoms with van der Waals surface area (Å²) in [5.74, 6) is -0.608. The van der Waals surface area contributed by atoms with Crippen LogP contribution in [0.2, 0.25) is 0 Å². The van der Waals surface area contributed by atoms with E-state index < -0.39 is 27.0 Å². The lowest BCUT2D eigenvalue weighted by atomic mass is 10.0. The molecule has 0 spiro atoms. The van der Waals surface area contributed by atoms with E-state index in [1.54, 1.807) is 0 Å². The Hall–Kier alpha value is -1.32. The summed E-state index contributed by atoms with van der Waals surface area (Å²) in [5, 5.41) is 3.15. The molecule has 22 heavy (non-hydrogen) atoms. The molecule has 1 aromatic rings. The Labute approximate surface area is 126 Å². The first kappa shape index (κ1) is 17.0. The maximum atomic E-state index is 12.3. The fourth-order valence-corrected chi connectivity index (χ4v) is 3.53. The van der Waals surface area contributed by atoms with Gasteiger partial charge in [0.1, 0.15) is 10.6 Å². The van der Waals surface area contributed by atoms with E-state index in [4.69, 9.17) is 0 Å². The number of rotatable bonds is 5. The highest BCUT2D eigenvalue weighted by Gasteiger charge is 2.34. The zero-order chi connectivity index (χ0) is 16.2. The topological polar surface area (TPSA) is 67.4 Å². The number of halogens is 3. The van der Waals surface area contributed by atoms with E-state index in [1.165, 1.54) is 12.1 Å². The molecule has 0 amide bonds. The fourth-order valence-electron chi connectivity index (χ4n) is 2.28. The average Bonchev–Trinajstić information content (AvgIpc) is 2.45. The normalized spacial score (nSPS) is 19.9. The Balaban J connectivity index is 2.11. The van der Waals surface area contributed by atoms with Crippen molar-refractivity contribution in [3.05, 3.63) is 24.3 Å². The standard InChI is InChI=1S/C13H17F3N2O3S/c14-13(15,16)21-11-5-1-2-6-12(11)22(19,20)18-9-10-4-3-7-17-8-10/h1-2,5-6,10,17-18H,3-4,7-9H2/t10-/m1/s1. The molecule has 0 saturated carbocycles. The molecule has 2 N–H and O–H groups in total. The number of sulfonamides is 1. The summed E-state index contributed by atoms with van der Waals surface area (Å²) in [4.78, 5) is -0.518. The highest BCUT2D eigenvalue weighted by atomic mass is 32.2. The number of piperidine rings is 1. The van der Waals surface area contributed by atoms with Crippen LogP contribution < -0.4 is 14.8 Å². The monoisotopic (exact) mass is 338 g/mol. The van der Waals surface area contributed by atoms with Crippen molar-refractivity contribution in [3.63, 3.8) is 0 Å². The zero-order valence-corrected chi connectivity index (χ0v) is 12.5. The first-order valence-corrected chi connectivity index (χ1v) is 8.31. The van der Waals surface area contributed by atoms with Crippen LogP contribution in [0.5, 0.6) is 5.75 Å². The molecule has 0 unspecified atom stereocenters. The van der Waals surface area contributed by atoms with Crippen molar-refractivity contribution >= 4 is 10.0 Å². The van der Waals surface area contributed by atoms with Crippen molar-refractivity contribution in [1.29, 1.82) is 0 Å². The summed E-state index contributed by atoms with van der Waals surface area (Å²) < 4.78 is 67.6. The molecule has 0 bridgehead atoms. The van der Waals surface area contributed by atoms with E-state index in [-0.39, 0.29) is 12.5 Å². The molecule has 9 heteroatoms. The molecule has 1 atom stereocenters. The second-order valence-electron chi connectivity index (χ2n) is 5.06. The largest absolute Gasteiger partial charge is 0.573 e. The van der Waals surface area contributed by atoms with Gasteiger partial charge in [0.15, 0.2) is 0 Å². The smallest absolute Gasteiger partial charge is 0.404 e. The summed E-state index contributed by atoms with van der Waals surface area (Å²) in [6.07, 6.45) is -3.13. The number of benzene rings is 1. The summed E-state index contributed by atoms with van der Waals surface area (Å²) in [6.45, 7) is 1.75. The first-order chi connectivity index (χ1) is 10.3. The average molecular weight is 338 g/mol. The summed E-state index contributed by atoms with van der Waals surface area (Å²) in [7, 11) is -4.07. The molecular formula is C13H17F3N2O3S. The van der Waals surface area contributed by atoms with Gasteiger partial charge in [0.05, 0.1) is 0 Å². The molecule has 5 nitrogen and oxygen atoms in total. The van der Waals surface area contributed by atoms with E-state index in [0.29, 0.717) is 6.54 Å². The molecule has 1 aromatic carbocycles. The van der Waals surface area contributed by atoms with E-state index in [9.17, 15) is 21.6 Å². The van der Waals surface area contributed by atoms with E-state index in [0.717, 1.165) is 31.5 Å². The van der Waals surface area contributed by atoms with E-state index in [1.807, 2.05) is 0 Å². The highest BCUT2D eigenvalue weighted by molar-refractivity contribution is 7.89. The Morgan fingerprint density at radius 3 is 2.68 bits per heavy atom. The van der Waals surface area contributed by atoms with Gasteiger partial charge >= 0.3 is 6.36 Å². The van der Waals surface area contributed by atoms with Crippen LogP contribution in [0.15, 0.2) is 29.2 Å². The van der Waals surface area contributed by atoms with E-state index >= 15 is 0 Å². The van der Waals surface area contributed by atoms with Gasteiger partial charge in [0.2, 0.25) is 10.0 Å². The molecule has 1 aliphatic rings. The van der Waals surface area contributed by atoms with Gasteiger partial charge < -0.3 is 10.1 Å². The molecular weight excluding hydrogens is 321 g/mol. The van der Waals surface area contributed by atoms with Gasteiger partial charge in [-0.25, -0.2) is 13.1 Å². The van der Waals surface area contributed by atoms with Crippen molar-refractivity contribution in [2.45, 2.75) is 24.1 Å². The first-order valence-electron chi connectivity index (χ1n) is 6.83. The summed E-state index contributed by atoms with van der Waals surface area (Å²) >= 11 is 0. The fraction of sp³-hybridized carbons (Fsp3) is 0.538. The number of hydrogen-bond donors (Lipinski definition) is 2. The van der Waals surface area contributed by atoms with Crippen molar-refractivity contribution in [2.75, 3.05) is 19.6 Å². The van der Waals surface area contributed by atoms with Crippen LogP contribution in [0, 0.1) is 5.92 Å². The van der Waals surface area contributed by atoms with Gasteiger partial charge in [-0.3, -0.25) is 0 Å². The lowest BCUT2D eigenvalue weighted by Gasteiger charge is -2.23. The lowest BCUT2D eigenvalue weighted by Crippen LogP contribution is -2.38. The van der Waals surface area contributed by atoms with Crippen molar-refractivity contribution < 1.29 is 26.3 Å². The maximum Gasteiger partial charge on any atom is 0.573 e. The van der Waals surface area contributed by atoms with Crippen LogP contribution in [-0.2, 0) is 10.0 Å². The van der Waals surface area contributed by atoms with Gasteiger partial charge in [-0.15, -0.1) is 13.2 Å². The quantitative estimate of drug-likeness (QED) is 0.860. The number of para-hydroxylation sites is 1. The maximum absolute atomic E-state index is 12.3. The molecule has 124 valence electrons. The molecule has 0 radical (unpaired) electrons. The Morgan fingerprint density at radius 1 is 1.32 bits per heavy atom. The molecule has 0 aromatic heterocycles. The van der Waals surface area contributed by atoms with Crippen LogP contribution in [0.3, 0.4) is 0 Å². The third-order valence-electron chi connectivity index (χ3n) is 3.33. The highest BCUT2D eigenvalue weighted by Crippen LogP contribution is 2.29. The van der Waals surface area contributed by atoms with Gasteiger partial charge in [0, 0.05) is 6.54 Å². The SMILES string of the molecule is O=S(=O)(NC[C@@H]1CCCNC1)c1ccccc1OC(F)(F)F. The minimum absolute atomic E-state index is 0.124. The van der Waals surface area contributed by atoms with Gasteiger partial charge in [-0.2, -0.15) is 0 Å². The molecule has 2 rings (SSSR count). The van der Waals surface area contributed by atoms with Crippen LogP contribution >= 0.6 is 0 Å². The zero-order valence-electron chi connectivity index (χ0n) is 11.7. The number of hydrogen-bond acceptors (Lipinski definition) is 4. The number of alkyl halides is 3. The second kappa shape index (κ2) is 6.84. The summed E-state index contributed by atoms with van der Waals surface area (Å²) in [5.41, 5.74) is 0. The van der Waals surface area contributed by atoms with Crippen molar-refractivity contribution in [1.82, 2.24) is 10.0 Å². The predicted octanol–water partition coefficient (Wildman–Crippen LogP) is 1.86. The van der Waals surface area contributed by atoms with Crippen molar-refractivity contribution in [2.24, 2.45) is 5.92 Å². The van der Waals surface area contributed by atoms with Crippen LogP contribution in [0.1, 0.15) is 12.8 Å². The lowest BCUT2D eigenvalue weighted by molar-refractivity contribution is -0.275. The number of ether oxygens (including phenoxy) is 1. The Morgan fingerprint density at radius 2 is 2.05 bits per heavy atom. The third kappa shape index (κ3) is 4.85. The molecule has 1 aliphatic heterocycles. The molecule has 1 heterocycles. The van der Waals surface area contributed by atoms with Crippen molar-refractivity contribution in [3.8, 4) is 5.75 Å². The molecule has 1 saturated heterocycles.